The van der Waals surface area contributed by atoms with Crippen molar-refractivity contribution in [1.29, 1.82) is 0 Å². The van der Waals surface area contributed by atoms with Crippen LogP contribution in [0.2, 0.25) is 0 Å². The summed E-state index contributed by atoms with van der Waals surface area (Å²) in [6.45, 7) is 5.98. The van der Waals surface area contributed by atoms with Gasteiger partial charge < -0.3 is 10.2 Å². The van der Waals surface area contributed by atoms with Crippen LogP contribution in [-0.4, -0.2) is 29.9 Å². The van der Waals surface area contributed by atoms with E-state index in [0.717, 1.165) is 38.1 Å². The van der Waals surface area contributed by atoms with Crippen molar-refractivity contribution in [3.63, 3.8) is 0 Å². The van der Waals surface area contributed by atoms with Crippen molar-refractivity contribution in [2.24, 2.45) is 5.92 Å². The standard InChI is InChI=1S/C16H21F3N2O/c1-10(2)21-5-3-12(4-6-21)16(22)20-9-11-7-13(17)15(19)14(18)8-11/h7-8,10,12H,3-6,9H2,1-2H3,(H,20,22). The van der Waals surface area contributed by atoms with Crippen molar-refractivity contribution in [2.45, 2.75) is 39.3 Å². The predicted octanol–water partition coefficient (Wildman–Crippen LogP) is 2.84. The normalized spacial score (nSPS) is 17.0. The van der Waals surface area contributed by atoms with Crippen LogP contribution in [0.5, 0.6) is 0 Å². The number of hydrogen-bond acceptors (Lipinski definition) is 2. The van der Waals surface area contributed by atoms with Crippen LogP contribution >= 0.6 is 0 Å². The fourth-order valence-electron chi connectivity index (χ4n) is 2.72. The monoisotopic (exact) mass is 314 g/mol. The van der Waals surface area contributed by atoms with Gasteiger partial charge in [0.2, 0.25) is 5.91 Å². The number of hydrogen-bond donors (Lipinski definition) is 1. The summed E-state index contributed by atoms with van der Waals surface area (Å²) in [5, 5.41) is 2.67. The Morgan fingerprint density at radius 2 is 1.77 bits per heavy atom. The van der Waals surface area contributed by atoms with Gasteiger partial charge in [0.15, 0.2) is 17.5 Å². The van der Waals surface area contributed by atoms with E-state index < -0.39 is 17.5 Å². The van der Waals surface area contributed by atoms with Gasteiger partial charge in [0.25, 0.3) is 0 Å². The maximum absolute atomic E-state index is 13.1. The molecule has 1 aromatic rings. The van der Waals surface area contributed by atoms with Crippen LogP contribution in [0.1, 0.15) is 32.3 Å². The highest BCUT2D eigenvalue weighted by atomic mass is 19.2. The van der Waals surface area contributed by atoms with Crippen LogP contribution in [0, 0.1) is 23.4 Å². The summed E-state index contributed by atoms with van der Waals surface area (Å²) < 4.78 is 39.1. The van der Waals surface area contributed by atoms with Crippen LogP contribution in [-0.2, 0) is 11.3 Å². The van der Waals surface area contributed by atoms with Crippen LogP contribution < -0.4 is 5.32 Å². The number of rotatable bonds is 4. The highest BCUT2D eigenvalue weighted by Gasteiger charge is 2.25. The van der Waals surface area contributed by atoms with Gasteiger partial charge in [0.1, 0.15) is 0 Å². The minimum Gasteiger partial charge on any atom is -0.352 e. The molecule has 0 saturated carbocycles. The van der Waals surface area contributed by atoms with E-state index in [9.17, 15) is 18.0 Å². The van der Waals surface area contributed by atoms with Crippen LogP contribution in [0.3, 0.4) is 0 Å². The smallest absolute Gasteiger partial charge is 0.223 e. The highest BCUT2D eigenvalue weighted by molar-refractivity contribution is 5.78. The molecule has 1 heterocycles. The molecule has 1 aliphatic rings. The Balaban J connectivity index is 1.86. The second-order valence-corrected chi connectivity index (χ2v) is 6.00. The summed E-state index contributed by atoms with van der Waals surface area (Å²) >= 11 is 0. The van der Waals surface area contributed by atoms with Gasteiger partial charge in [-0.3, -0.25) is 4.79 Å². The third-order valence-electron chi connectivity index (χ3n) is 4.14. The maximum atomic E-state index is 13.1. The van der Waals surface area contributed by atoms with Gasteiger partial charge in [-0.15, -0.1) is 0 Å². The molecule has 1 saturated heterocycles. The molecule has 3 nitrogen and oxygen atoms in total. The molecule has 122 valence electrons. The van der Waals surface area contributed by atoms with Gasteiger partial charge in [-0.25, -0.2) is 13.2 Å². The van der Waals surface area contributed by atoms with Gasteiger partial charge in [-0.05, 0) is 57.5 Å². The maximum Gasteiger partial charge on any atom is 0.223 e. The number of halogens is 3. The summed E-state index contributed by atoms with van der Waals surface area (Å²) in [6.07, 6.45) is 1.55. The molecule has 1 amide bonds. The molecule has 0 bridgehead atoms. The first kappa shape index (κ1) is 16.8. The van der Waals surface area contributed by atoms with E-state index >= 15 is 0 Å². The molecule has 1 aromatic carbocycles. The average Bonchev–Trinajstić information content (AvgIpc) is 2.50. The Bertz CT molecular complexity index is 517. The molecule has 0 atom stereocenters. The van der Waals surface area contributed by atoms with Crippen molar-refractivity contribution in [2.75, 3.05) is 13.1 Å². The van der Waals surface area contributed by atoms with Crippen molar-refractivity contribution in [1.82, 2.24) is 10.2 Å². The second-order valence-electron chi connectivity index (χ2n) is 6.00. The molecule has 2 rings (SSSR count). The Labute approximate surface area is 128 Å². The summed E-state index contributed by atoms with van der Waals surface area (Å²) in [7, 11) is 0. The molecular weight excluding hydrogens is 293 g/mol. The number of nitrogens with zero attached hydrogens (tertiary/aromatic N) is 1. The highest BCUT2D eigenvalue weighted by Crippen LogP contribution is 2.19. The summed E-state index contributed by atoms with van der Waals surface area (Å²) in [6, 6.07) is 2.27. The first-order chi connectivity index (χ1) is 10.4. The topological polar surface area (TPSA) is 32.3 Å². The molecule has 1 fully saturated rings. The number of piperidine rings is 1. The van der Waals surface area contributed by atoms with Gasteiger partial charge in [-0.2, -0.15) is 0 Å². The molecule has 1 aliphatic heterocycles. The predicted molar refractivity (Wildman–Crippen MR) is 77.6 cm³/mol. The molecule has 0 spiro atoms. The van der Waals surface area contributed by atoms with Crippen LogP contribution in [0.4, 0.5) is 13.2 Å². The number of carbonyl (C=O) groups is 1. The van der Waals surface area contributed by atoms with Gasteiger partial charge in [-0.1, -0.05) is 0 Å². The van der Waals surface area contributed by atoms with E-state index in [-0.39, 0.29) is 23.9 Å². The van der Waals surface area contributed by atoms with Crippen molar-refractivity contribution >= 4 is 5.91 Å². The lowest BCUT2D eigenvalue weighted by atomic mass is 9.95. The minimum absolute atomic E-state index is 0.00263. The lowest BCUT2D eigenvalue weighted by Crippen LogP contribution is -2.42. The zero-order valence-electron chi connectivity index (χ0n) is 12.8. The third kappa shape index (κ3) is 4.00. The van der Waals surface area contributed by atoms with Crippen molar-refractivity contribution < 1.29 is 18.0 Å². The second kappa shape index (κ2) is 7.13. The molecule has 0 aromatic heterocycles. The van der Waals surface area contributed by atoms with E-state index in [2.05, 4.69) is 24.1 Å². The number of nitrogens with one attached hydrogen (secondary N) is 1. The zero-order chi connectivity index (χ0) is 16.3. The lowest BCUT2D eigenvalue weighted by Gasteiger charge is -2.33. The Kier molecular flexibility index (Phi) is 5.45. The number of benzene rings is 1. The fraction of sp³-hybridized carbons (Fsp3) is 0.562. The third-order valence-corrected chi connectivity index (χ3v) is 4.14. The van der Waals surface area contributed by atoms with E-state index in [0.29, 0.717) is 6.04 Å². The van der Waals surface area contributed by atoms with E-state index in [1.807, 2.05) is 0 Å². The van der Waals surface area contributed by atoms with Crippen molar-refractivity contribution in [3.8, 4) is 0 Å². The Morgan fingerprint density at radius 3 is 2.27 bits per heavy atom. The van der Waals surface area contributed by atoms with Gasteiger partial charge >= 0.3 is 0 Å². The summed E-state index contributed by atoms with van der Waals surface area (Å²) in [5.74, 6) is -4.17. The lowest BCUT2D eigenvalue weighted by molar-refractivity contribution is -0.126. The average molecular weight is 314 g/mol. The van der Waals surface area contributed by atoms with E-state index in [4.69, 9.17) is 0 Å². The number of carbonyl (C=O) groups excluding carboxylic acids is 1. The largest absolute Gasteiger partial charge is 0.352 e. The van der Waals surface area contributed by atoms with Gasteiger partial charge in [0.05, 0.1) is 0 Å². The van der Waals surface area contributed by atoms with E-state index in [1.54, 1.807) is 0 Å². The molecule has 0 aliphatic carbocycles. The van der Waals surface area contributed by atoms with E-state index in [1.165, 1.54) is 0 Å². The molecule has 0 radical (unpaired) electrons. The molecule has 22 heavy (non-hydrogen) atoms. The van der Waals surface area contributed by atoms with Crippen LogP contribution in [0.15, 0.2) is 12.1 Å². The first-order valence-corrected chi connectivity index (χ1v) is 7.53. The van der Waals surface area contributed by atoms with Crippen LogP contribution in [0.25, 0.3) is 0 Å². The van der Waals surface area contributed by atoms with Crippen molar-refractivity contribution in [3.05, 3.63) is 35.1 Å². The minimum atomic E-state index is -1.49. The fourth-order valence-corrected chi connectivity index (χ4v) is 2.72. The number of likely N-dealkylation sites (tertiary alicyclic amines) is 1. The number of amides is 1. The molecule has 6 heteroatoms. The molecule has 1 N–H and O–H groups in total. The Hall–Kier alpha value is -1.56. The molecule has 0 unspecified atom stereocenters. The Morgan fingerprint density at radius 1 is 1.23 bits per heavy atom. The zero-order valence-corrected chi connectivity index (χ0v) is 12.8. The molecular formula is C16H21F3N2O. The quantitative estimate of drug-likeness (QED) is 0.867. The van der Waals surface area contributed by atoms with Gasteiger partial charge in [0, 0.05) is 18.5 Å². The SMILES string of the molecule is CC(C)N1CCC(C(=O)NCc2cc(F)c(F)c(F)c2)CC1. The summed E-state index contributed by atoms with van der Waals surface area (Å²) in [5.41, 5.74) is 0.212. The first-order valence-electron chi connectivity index (χ1n) is 7.53. The summed E-state index contributed by atoms with van der Waals surface area (Å²) in [4.78, 5) is 14.4.